The maximum absolute atomic E-state index is 13.3. The molecule has 198 valence electrons. The van der Waals surface area contributed by atoms with Crippen molar-refractivity contribution in [2.75, 3.05) is 11.5 Å². The molecule has 2 rings (SSSR count). The molecule has 0 aromatic heterocycles. The monoisotopic (exact) mass is 529 g/mol. The Morgan fingerprint density at radius 2 is 1.17 bits per heavy atom. The molecule has 0 radical (unpaired) electrons. The zero-order valence-corrected chi connectivity index (χ0v) is 22.9. The molecule has 0 aromatic rings. The number of nitrogens with one attached hydrogen (secondary N) is 5. The smallest absolute Gasteiger partial charge is 0.244 e. The number of carbonyl (C=O) groups is 5. The summed E-state index contributed by atoms with van der Waals surface area (Å²) in [6.07, 6.45) is 0.987. The van der Waals surface area contributed by atoms with Gasteiger partial charge >= 0.3 is 0 Å². The van der Waals surface area contributed by atoms with Crippen molar-refractivity contribution in [3.63, 3.8) is 0 Å². The van der Waals surface area contributed by atoms with E-state index in [4.69, 9.17) is 0 Å². The first-order valence-corrected chi connectivity index (χ1v) is 14.7. The third kappa shape index (κ3) is 8.30. The molecule has 0 aliphatic carbocycles. The molecule has 6 atom stereocenters. The van der Waals surface area contributed by atoms with Crippen LogP contribution in [0.15, 0.2) is 0 Å². The lowest BCUT2D eigenvalue weighted by atomic mass is 9.96. The molecular weight excluding hydrogens is 490 g/mol. The molecule has 2 bridgehead atoms. The van der Waals surface area contributed by atoms with Crippen molar-refractivity contribution in [3.8, 4) is 0 Å². The fourth-order valence-corrected chi connectivity index (χ4v) is 6.17. The molecule has 2 saturated heterocycles. The lowest BCUT2D eigenvalue weighted by molar-refractivity contribution is -0.135. The second-order valence-corrected chi connectivity index (χ2v) is 12.5. The van der Waals surface area contributed by atoms with Gasteiger partial charge in [-0.05, 0) is 24.2 Å². The van der Waals surface area contributed by atoms with Gasteiger partial charge in [0.25, 0.3) is 0 Å². The highest BCUT2D eigenvalue weighted by Gasteiger charge is 2.37. The Morgan fingerprint density at radius 3 is 1.69 bits per heavy atom. The summed E-state index contributed by atoms with van der Waals surface area (Å²) >= 11 is 0. The van der Waals surface area contributed by atoms with Crippen molar-refractivity contribution < 1.29 is 24.0 Å². The average molecular weight is 530 g/mol. The van der Waals surface area contributed by atoms with Gasteiger partial charge in [0.15, 0.2) is 0 Å². The minimum Gasteiger partial charge on any atom is -0.343 e. The van der Waals surface area contributed by atoms with Crippen LogP contribution in [-0.4, -0.2) is 71.3 Å². The van der Waals surface area contributed by atoms with Gasteiger partial charge in [0, 0.05) is 11.5 Å². The van der Waals surface area contributed by atoms with Gasteiger partial charge in [-0.3, -0.25) is 24.0 Å². The quantitative estimate of drug-likeness (QED) is 0.327. The maximum atomic E-state index is 13.3. The Labute approximate surface area is 215 Å². The van der Waals surface area contributed by atoms with Gasteiger partial charge in [-0.2, -0.15) is 0 Å². The molecule has 2 heterocycles. The summed E-state index contributed by atoms with van der Waals surface area (Å²) in [5, 5.41) is 13.9. The largest absolute Gasteiger partial charge is 0.343 e. The fourth-order valence-electron chi connectivity index (χ4n) is 3.84. The Kier molecular flexibility index (Phi) is 11.2. The standard InChI is InChI=1S/C23H39N5O5S2/c1-7-13(6)18-23(33)26-15-9-34-35-10-16(25-20(15)30)21(31)27-17(12(4)5)22(32)24-14(8-11(2)3)19(29)28-18/h11-18H,7-10H2,1-6H3,(H,24,32)(H,25,30)(H,26,33)(H,27,31)(H,28,29)/t13-,14-,15+,16+,17+,18+/m0/s1. The van der Waals surface area contributed by atoms with E-state index in [9.17, 15) is 24.0 Å². The van der Waals surface area contributed by atoms with Gasteiger partial charge in [-0.25, -0.2) is 0 Å². The number of rotatable bonds is 5. The van der Waals surface area contributed by atoms with E-state index in [1.54, 1.807) is 13.8 Å². The lowest BCUT2D eigenvalue weighted by Gasteiger charge is -2.29. The topological polar surface area (TPSA) is 146 Å². The summed E-state index contributed by atoms with van der Waals surface area (Å²) in [7, 11) is 2.80. The highest BCUT2D eigenvalue weighted by atomic mass is 33.1. The van der Waals surface area contributed by atoms with Crippen molar-refractivity contribution in [1.29, 1.82) is 0 Å². The minimum atomic E-state index is -0.893. The molecular formula is C23H39N5O5S2. The van der Waals surface area contributed by atoms with Crippen LogP contribution in [0, 0.1) is 17.8 Å². The van der Waals surface area contributed by atoms with Gasteiger partial charge in [0.1, 0.15) is 30.2 Å². The molecule has 0 unspecified atom stereocenters. The van der Waals surface area contributed by atoms with Crippen LogP contribution < -0.4 is 26.6 Å². The number of carbonyl (C=O) groups excluding carboxylic acids is 5. The van der Waals surface area contributed by atoms with Crippen molar-refractivity contribution in [1.82, 2.24) is 26.6 Å². The third-order valence-corrected chi connectivity index (χ3v) is 8.62. The van der Waals surface area contributed by atoms with Gasteiger partial charge in [0.05, 0.1) is 0 Å². The van der Waals surface area contributed by atoms with E-state index in [1.807, 2.05) is 27.7 Å². The van der Waals surface area contributed by atoms with Crippen molar-refractivity contribution >= 4 is 51.1 Å². The number of hydrogen-bond acceptors (Lipinski definition) is 7. The van der Waals surface area contributed by atoms with Gasteiger partial charge in [0.2, 0.25) is 29.5 Å². The zero-order chi connectivity index (χ0) is 26.3. The molecule has 10 nitrogen and oxygen atoms in total. The lowest BCUT2D eigenvalue weighted by Crippen LogP contribution is -2.60. The van der Waals surface area contributed by atoms with E-state index in [0.717, 1.165) is 0 Å². The fraction of sp³-hybridized carbons (Fsp3) is 0.783. The van der Waals surface area contributed by atoms with Gasteiger partial charge < -0.3 is 26.6 Å². The Bertz CT molecular complexity index is 809. The molecule has 0 aromatic carbocycles. The Balaban J connectivity index is 2.49. The molecule has 5 amide bonds. The van der Waals surface area contributed by atoms with Crippen LogP contribution in [0.1, 0.15) is 54.4 Å². The second kappa shape index (κ2) is 13.4. The molecule has 12 heteroatoms. The predicted octanol–water partition coefficient (Wildman–Crippen LogP) is 0.567. The first kappa shape index (κ1) is 29.3. The second-order valence-electron chi connectivity index (χ2n) is 9.98. The molecule has 0 spiro atoms. The van der Waals surface area contributed by atoms with Crippen LogP contribution in [0.4, 0.5) is 0 Å². The predicted molar refractivity (Wildman–Crippen MR) is 138 cm³/mol. The maximum Gasteiger partial charge on any atom is 0.244 e. The highest BCUT2D eigenvalue weighted by Crippen LogP contribution is 2.25. The summed E-state index contributed by atoms with van der Waals surface area (Å²) < 4.78 is 0. The van der Waals surface area contributed by atoms with Crippen LogP contribution in [0.5, 0.6) is 0 Å². The summed E-state index contributed by atoms with van der Waals surface area (Å²) in [5.41, 5.74) is 0. The Hall–Kier alpha value is -1.95. The van der Waals surface area contributed by atoms with Gasteiger partial charge in [-0.15, -0.1) is 0 Å². The highest BCUT2D eigenvalue weighted by molar-refractivity contribution is 8.76. The van der Waals surface area contributed by atoms with Crippen molar-refractivity contribution in [2.45, 2.75) is 84.6 Å². The van der Waals surface area contributed by atoms with Crippen LogP contribution in [0.25, 0.3) is 0 Å². The summed E-state index contributed by atoms with van der Waals surface area (Å²) in [6, 6.07) is -4.38. The molecule has 2 fully saturated rings. The SMILES string of the molecule is CC[C@H](C)[C@H]1NC(=O)[C@H](CC(C)C)NC(=O)[C@@H](C(C)C)NC(=O)[C@H]2CSSC[C@@H](NC1=O)C(=O)N2. The normalized spacial score (nSPS) is 30.2. The molecule has 2 aliphatic rings. The van der Waals surface area contributed by atoms with E-state index in [-0.39, 0.29) is 17.8 Å². The van der Waals surface area contributed by atoms with Crippen molar-refractivity contribution in [2.24, 2.45) is 17.8 Å². The first-order chi connectivity index (χ1) is 16.4. The van der Waals surface area contributed by atoms with E-state index in [1.165, 1.54) is 21.6 Å². The van der Waals surface area contributed by atoms with E-state index >= 15 is 0 Å². The van der Waals surface area contributed by atoms with E-state index in [0.29, 0.717) is 24.3 Å². The number of fused-ring (bicyclic) bond motifs is 3. The molecule has 2 aliphatic heterocycles. The summed E-state index contributed by atoms with van der Waals surface area (Å²) in [6.45, 7) is 11.2. The van der Waals surface area contributed by atoms with Crippen LogP contribution in [0.2, 0.25) is 0 Å². The summed E-state index contributed by atoms with van der Waals surface area (Å²) in [4.78, 5) is 65.8. The van der Waals surface area contributed by atoms with Crippen LogP contribution >= 0.6 is 21.6 Å². The molecule has 5 N–H and O–H groups in total. The number of amides is 5. The van der Waals surface area contributed by atoms with E-state index < -0.39 is 59.7 Å². The van der Waals surface area contributed by atoms with Crippen LogP contribution in [-0.2, 0) is 24.0 Å². The summed E-state index contributed by atoms with van der Waals surface area (Å²) in [5.74, 6) is -2.10. The minimum absolute atomic E-state index is 0.0924. The number of hydrogen-bond donors (Lipinski definition) is 5. The zero-order valence-electron chi connectivity index (χ0n) is 21.3. The first-order valence-electron chi connectivity index (χ1n) is 12.2. The van der Waals surface area contributed by atoms with Crippen LogP contribution in [0.3, 0.4) is 0 Å². The Morgan fingerprint density at radius 1 is 0.686 bits per heavy atom. The third-order valence-electron chi connectivity index (χ3n) is 6.20. The van der Waals surface area contributed by atoms with E-state index in [2.05, 4.69) is 26.6 Å². The van der Waals surface area contributed by atoms with Gasteiger partial charge in [-0.1, -0.05) is 69.6 Å². The molecule has 0 saturated carbocycles. The van der Waals surface area contributed by atoms with Crippen molar-refractivity contribution in [3.05, 3.63) is 0 Å². The average Bonchev–Trinajstić information content (AvgIpc) is 2.77. The molecule has 35 heavy (non-hydrogen) atoms.